The Labute approximate surface area is 96.8 Å². The molecule has 2 aliphatic rings. The van der Waals surface area contributed by atoms with Gasteiger partial charge in [-0.25, -0.2) is 8.42 Å². The van der Waals surface area contributed by atoms with Gasteiger partial charge in [0, 0.05) is 32.7 Å². The molecule has 2 fully saturated rings. The number of hydrogen-bond acceptors (Lipinski definition) is 4. The third kappa shape index (κ3) is 2.40. The summed E-state index contributed by atoms with van der Waals surface area (Å²) in [5, 5.41) is 0. The standard InChI is InChI=1S/C10H19NO4S/c1-14-4-3-8-7-15-10-6-11(5-9(8)10)16(2,12)13/h8-10H,3-7H2,1-2H3/t8-,9-,10-/m1/s1. The van der Waals surface area contributed by atoms with E-state index in [2.05, 4.69) is 0 Å². The fourth-order valence-electron chi connectivity index (χ4n) is 2.60. The Morgan fingerprint density at radius 1 is 1.44 bits per heavy atom. The van der Waals surface area contributed by atoms with Gasteiger partial charge in [0.25, 0.3) is 0 Å². The van der Waals surface area contributed by atoms with Crippen LogP contribution in [0.25, 0.3) is 0 Å². The zero-order chi connectivity index (χ0) is 11.8. The van der Waals surface area contributed by atoms with Crippen molar-refractivity contribution >= 4 is 10.0 Å². The average molecular weight is 249 g/mol. The van der Waals surface area contributed by atoms with Crippen molar-refractivity contribution in [1.82, 2.24) is 4.31 Å². The molecule has 5 nitrogen and oxygen atoms in total. The second-order valence-electron chi connectivity index (χ2n) is 4.66. The first-order valence-electron chi connectivity index (χ1n) is 5.58. The van der Waals surface area contributed by atoms with Gasteiger partial charge in [-0.3, -0.25) is 0 Å². The summed E-state index contributed by atoms with van der Waals surface area (Å²) in [5.74, 6) is 0.793. The van der Waals surface area contributed by atoms with Gasteiger partial charge in [0.1, 0.15) is 0 Å². The number of sulfonamides is 1. The maximum atomic E-state index is 11.4. The van der Waals surface area contributed by atoms with Crippen LogP contribution in [-0.4, -0.2) is 58.5 Å². The molecule has 2 rings (SSSR count). The second-order valence-corrected chi connectivity index (χ2v) is 6.64. The number of nitrogens with zero attached hydrogens (tertiary/aromatic N) is 1. The Morgan fingerprint density at radius 3 is 2.81 bits per heavy atom. The Kier molecular flexibility index (Phi) is 3.53. The van der Waals surface area contributed by atoms with Crippen LogP contribution in [0.2, 0.25) is 0 Å². The number of methoxy groups -OCH3 is 1. The van der Waals surface area contributed by atoms with E-state index < -0.39 is 10.0 Å². The van der Waals surface area contributed by atoms with Crippen molar-refractivity contribution in [2.24, 2.45) is 11.8 Å². The molecule has 0 N–H and O–H groups in total. The predicted molar refractivity (Wildman–Crippen MR) is 59.6 cm³/mol. The lowest BCUT2D eigenvalue weighted by Crippen LogP contribution is -2.30. The van der Waals surface area contributed by atoms with Crippen molar-refractivity contribution in [1.29, 1.82) is 0 Å². The van der Waals surface area contributed by atoms with E-state index in [1.54, 1.807) is 7.11 Å². The largest absolute Gasteiger partial charge is 0.385 e. The van der Waals surface area contributed by atoms with Crippen molar-refractivity contribution < 1.29 is 17.9 Å². The number of fused-ring (bicyclic) bond motifs is 1. The molecule has 0 aromatic rings. The van der Waals surface area contributed by atoms with Crippen molar-refractivity contribution in [3.05, 3.63) is 0 Å². The molecule has 6 heteroatoms. The van der Waals surface area contributed by atoms with Crippen LogP contribution in [0, 0.1) is 11.8 Å². The van der Waals surface area contributed by atoms with Gasteiger partial charge in [0.15, 0.2) is 0 Å². The third-order valence-electron chi connectivity index (χ3n) is 3.57. The van der Waals surface area contributed by atoms with Crippen molar-refractivity contribution in [2.75, 3.05) is 39.7 Å². The van der Waals surface area contributed by atoms with Gasteiger partial charge in [0.2, 0.25) is 10.0 Å². The molecule has 0 bridgehead atoms. The summed E-state index contributed by atoms with van der Waals surface area (Å²) in [7, 11) is -1.38. The van der Waals surface area contributed by atoms with Crippen LogP contribution in [0.4, 0.5) is 0 Å². The molecule has 0 unspecified atom stereocenters. The summed E-state index contributed by atoms with van der Waals surface area (Å²) >= 11 is 0. The number of hydrogen-bond donors (Lipinski definition) is 0. The fourth-order valence-corrected chi connectivity index (χ4v) is 3.46. The molecule has 2 heterocycles. The Hall–Kier alpha value is -0.170. The minimum atomic E-state index is -3.07. The van der Waals surface area contributed by atoms with Gasteiger partial charge in [-0.1, -0.05) is 0 Å². The van der Waals surface area contributed by atoms with Gasteiger partial charge in [-0.15, -0.1) is 0 Å². The summed E-state index contributed by atoms with van der Waals surface area (Å²) in [6, 6.07) is 0. The van der Waals surface area contributed by atoms with Crippen LogP contribution in [0.15, 0.2) is 0 Å². The van der Waals surface area contributed by atoms with Crippen molar-refractivity contribution in [3.8, 4) is 0 Å². The smallest absolute Gasteiger partial charge is 0.211 e. The molecule has 2 saturated heterocycles. The highest BCUT2D eigenvalue weighted by atomic mass is 32.2. The van der Waals surface area contributed by atoms with E-state index in [1.807, 2.05) is 0 Å². The van der Waals surface area contributed by atoms with E-state index in [-0.39, 0.29) is 6.10 Å². The molecule has 3 atom stereocenters. The quantitative estimate of drug-likeness (QED) is 0.700. The average Bonchev–Trinajstić information content (AvgIpc) is 2.73. The molecule has 0 aliphatic carbocycles. The van der Waals surface area contributed by atoms with Gasteiger partial charge in [-0.2, -0.15) is 4.31 Å². The fraction of sp³-hybridized carbons (Fsp3) is 1.00. The molecular weight excluding hydrogens is 230 g/mol. The normalized spacial score (nSPS) is 35.5. The van der Waals surface area contributed by atoms with E-state index in [4.69, 9.17) is 9.47 Å². The molecule has 2 aliphatic heterocycles. The molecule has 0 amide bonds. The maximum Gasteiger partial charge on any atom is 0.211 e. The maximum absolute atomic E-state index is 11.4. The molecule has 0 spiro atoms. The van der Waals surface area contributed by atoms with Crippen LogP contribution in [-0.2, 0) is 19.5 Å². The highest BCUT2D eigenvalue weighted by Gasteiger charge is 2.45. The highest BCUT2D eigenvalue weighted by molar-refractivity contribution is 7.88. The molecule has 16 heavy (non-hydrogen) atoms. The van der Waals surface area contributed by atoms with Crippen LogP contribution < -0.4 is 0 Å². The summed E-state index contributed by atoms with van der Waals surface area (Å²) in [5.41, 5.74) is 0. The molecule has 0 aromatic carbocycles. The lowest BCUT2D eigenvalue weighted by molar-refractivity contribution is 0.100. The molecule has 0 aromatic heterocycles. The minimum Gasteiger partial charge on any atom is -0.385 e. The van der Waals surface area contributed by atoms with Crippen LogP contribution in [0.1, 0.15) is 6.42 Å². The third-order valence-corrected chi connectivity index (χ3v) is 4.80. The van der Waals surface area contributed by atoms with E-state index in [0.717, 1.165) is 19.6 Å². The molecular formula is C10H19NO4S. The zero-order valence-electron chi connectivity index (χ0n) is 9.76. The second kappa shape index (κ2) is 4.60. The lowest BCUT2D eigenvalue weighted by Gasteiger charge is -2.17. The van der Waals surface area contributed by atoms with Gasteiger partial charge in [-0.05, 0) is 12.3 Å². The molecule has 0 radical (unpaired) electrons. The summed E-state index contributed by atoms with van der Waals surface area (Å²) < 4.78 is 35.1. The molecule has 94 valence electrons. The van der Waals surface area contributed by atoms with E-state index >= 15 is 0 Å². The Balaban J connectivity index is 1.96. The van der Waals surface area contributed by atoms with Gasteiger partial charge < -0.3 is 9.47 Å². The number of ether oxygens (including phenoxy) is 2. The van der Waals surface area contributed by atoms with Crippen LogP contribution in [0.3, 0.4) is 0 Å². The first kappa shape index (κ1) is 12.3. The van der Waals surface area contributed by atoms with Gasteiger partial charge in [0.05, 0.1) is 19.0 Å². The van der Waals surface area contributed by atoms with Crippen LogP contribution in [0.5, 0.6) is 0 Å². The van der Waals surface area contributed by atoms with E-state index in [0.29, 0.717) is 24.9 Å². The Morgan fingerprint density at radius 2 is 2.19 bits per heavy atom. The molecule has 0 saturated carbocycles. The van der Waals surface area contributed by atoms with E-state index in [1.165, 1.54) is 10.6 Å². The highest BCUT2D eigenvalue weighted by Crippen LogP contribution is 2.36. The Bertz CT molecular complexity index is 343. The topological polar surface area (TPSA) is 55.8 Å². The number of rotatable bonds is 4. The first-order chi connectivity index (χ1) is 7.52. The van der Waals surface area contributed by atoms with E-state index in [9.17, 15) is 8.42 Å². The zero-order valence-corrected chi connectivity index (χ0v) is 10.6. The minimum absolute atomic E-state index is 0.0941. The van der Waals surface area contributed by atoms with Crippen molar-refractivity contribution in [2.45, 2.75) is 12.5 Å². The first-order valence-corrected chi connectivity index (χ1v) is 7.43. The van der Waals surface area contributed by atoms with Gasteiger partial charge >= 0.3 is 0 Å². The monoisotopic (exact) mass is 249 g/mol. The predicted octanol–water partition coefficient (Wildman–Crippen LogP) is -0.0707. The van der Waals surface area contributed by atoms with Crippen molar-refractivity contribution in [3.63, 3.8) is 0 Å². The SMILES string of the molecule is COCC[C@@H]1CO[C@@H]2CN(S(C)(=O)=O)C[C@H]12. The lowest BCUT2D eigenvalue weighted by atomic mass is 9.91. The summed E-state index contributed by atoms with van der Waals surface area (Å²) in [6.07, 6.45) is 2.31. The summed E-state index contributed by atoms with van der Waals surface area (Å²) in [6.45, 7) is 2.59. The van der Waals surface area contributed by atoms with Crippen LogP contribution >= 0.6 is 0 Å². The summed E-state index contributed by atoms with van der Waals surface area (Å²) in [4.78, 5) is 0.